The first-order valence-corrected chi connectivity index (χ1v) is 9.45. The summed E-state index contributed by atoms with van der Waals surface area (Å²) in [6.45, 7) is 4.25. The van der Waals surface area contributed by atoms with Crippen LogP contribution in [-0.2, 0) is 6.42 Å². The van der Waals surface area contributed by atoms with Crippen molar-refractivity contribution in [2.24, 2.45) is 0 Å². The maximum atomic E-state index is 9.39. The maximum absolute atomic E-state index is 9.39. The number of allylic oxidation sites excluding steroid dienone is 1. The lowest BCUT2D eigenvalue weighted by Gasteiger charge is -2.38. The largest absolute Gasteiger partial charge is 0.304 e. The van der Waals surface area contributed by atoms with Crippen molar-refractivity contribution in [3.8, 4) is 6.07 Å². The van der Waals surface area contributed by atoms with Crippen molar-refractivity contribution in [2.75, 3.05) is 33.2 Å². The maximum Gasteiger partial charge on any atom is 0.0918 e. The van der Waals surface area contributed by atoms with Crippen LogP contribution in [0.5, 0.6) is 0 Å². The highest BCUT2D eigenvalue weighted by Crippen LogP contribution is 2.41. The van der Waals surface area contributed by atoms with Gasteiger partial charge < -0.3 is 4.90 Å². The van der Waals surface area contributed by atoms with Gasteiger partial charge in [-0.25, -0.2) is 0 Å². The van der Waals surface area contributed by atoms with Gasteiger partial charge >= 0.3 is 0 Å². The zero-order valence-corrected chi connectivity index (χ0v) is 15.7. The second-order valence-electron chi connectivity index (χ2n) is 7.13. The van der Waals surface area contributed by atoms with Gasteiger partial charge in [-0.2, -0.15) is 5.26 Å². The number of hydrogen-bond donors (Lipinski definition) is 0. The van der Waals surface area contributed by atoms with Crippen LogP contribution in [0.25, 0.3) is 5.57 Å². The van der Waals surface area contributed by atoms with Crippen LogP contribution in [0.4, 0.5) is 0 Å². The first kappa shape index (κ1) is 17.3. The molecule has 4 heteroatoms. The van der Waals surface area contributed by atoms with E-state index in [1.807, 2.05) is 6.07 Å². The van der Waals surface area contributed by atoms with Gasteiger partial charge in [0, 0.05) is 43.3 Å². The molecule has 0 aromatic heterocycles. The van der Waals surface area contributed by atoms with Gasteiger partial charge in [0.1, 0.15) is 0 Å². The van der Waals surface area contributed by atoms with Gasteiger partial charge in [0.2, 0.25) is 0 Å². The number of nitrogens with zero attached hydrogens (tertiary/aromatic N) is 3. The van der Waals surface area contributed by atoms with Gasteiger partial charge in [-0.3, -0.25) is 4.90 Å². The van der Waals surface area contributed by atoms with Gasteiger partial charge in [0.05, 0.1) is 6.07 Å². The third-order valence-electron chi connectivity index (χ3n) is 5.57. The fourth-order valence-corrected chi connectivity index (χ4v) is 4.34. The Kier molecular flexibility index (Phi) is 4.82. The summed E-state index contributed by atoms with van der Waals surface area (Å²) < 4.78 is 0. The van der Waals surface area contributed by atoms with Crippen molar-refractivity contribution in [1.82, 2.24) is 9.80 Å². The topological polar surface area (TPSA) is 30.3 Å². The van der Waals surface area contributed by atoms with Crippen LogP contribution < -0.4 is 0 Å². The van der Waals surface area contributed by atoms with E-state index >= 15 is 0 Å². The summed E-state index contributed by atoms with van der Waals surface area (Å²) in [7, 11) is 2.18. The Morgan fingerprint density at radius 2 is 1.85 bits per heavy atom. The molecular formula is C22H22ClN3. The molecule has 4 rings (SSSR count). The molecule has 0 bridgehead atoms. The van der Waals surface area contributed by atoms with E-state index in [-0.39, 0.29) is 6.04 Å². The minimum Gasteiger partial charge on any atom is -0.304 e. The zero-order chi connectivity index (χ0) is 18.1. The number of fused-ring (bicyclic) bond motifs is 2. The molecule has 1 atom stereocenters. The SMILES string of the molecule is CN1CCN(C2Cc3ccccc3/C(=C\C#N)c3ccc(Cl)cc32)CC1. The number of hydrogen-bond acceptors (Lipinski definition) is 3. The Labute approximate surface area is 160 Å². The predicted molar refractivity (Wildman–Crippen MR) is 106 cm³/mol. The quantitative estimate of drug-likeness (QED) is 0.713. The summed E-state index contributed by atoms with van der Waals surface area (Å²) in [4.78, 5) is 4.95. The minimum absolute atomic E-state index is 0.281. The molecule has 1 unspecified atom stereocenters. The normalized spacial score (nSPS) is 22.3. The van der Waals surface area contributed by atoms with Crippen LogP contribution in [0.2, 0.25) is 5.02 Å². The Hall–Kier alpha value is -2.12. The van der Waals surface area contributed by atoms with E-state index in [1.54, 1.807) is 6.08 Å². The summed E-state index contributed by atoms with van der Waals surface area (Å²) >= 11 is 6.38. The molecule has 1 saturated heterocycles. The monoisotopic (exact) mass is 363 g/mol. The van der Waals surface area contributed by atoms with E-state index in [0.717, 1.165) is 54.3 Å². The summed E-state index contributed by atoms with van der Waals surface area (Å²) in [6.07, 6.45) is 2.62. The summed E-state index contributed by atoms with van der Waals surface area (Å²) in [5, 5.41) is 10.1. The number of piperazine rings is 1. The molecule has 0 spiro atoms. The minimum atomic E-state index is 0.281. The van der Waals surface area contributed by atoms with Crippen molar-refractivity contribution in [3.05, 3.63) is 75.8 Å². The average molecular weight is 364 g/mol. The van der Waals surface area contributed by atoms with Crippen LogP contribution in [0, 0.1) is 11.3 Å². The molecule has 132 valence electrons. The molecule has 1 aliphatic heterocycles. The Balaban J connectivity index is 1.88. The van der Waals surface area contributed by atoms with Crippen molar-refractivity contribution in [1.29, 1.82) is 5.26 Å². The fourth-order valence-electron chi connectivity index (χ4n) is 4.16. The fraction of sp³-hybridized carbons (Fsp3) is 0.318. The standard InChI is InChI=1S/C22H22ClN3/c1-25-10-12-26(13-11-25)22-14-16-4-2-3-5-18(16)20(8-9-24)19-7-6-17(23)15-21(19)22/h2-8,15,22H,10-14H2,1H3/b20-8+. The third-order valence-corrected chi connectivity index (χ3v) is 5.81. The van der Waals surface area contributed by atoms with E-state index < -0.39 is 0 Å². The lowest BCUT2D eigenvalue weighted by molar-refractivity contribution is 0.111. The number of likely N-dealkylation sites (N-methyl/N-ethyl adjacent to an activating group) is 1. The zero-order valence-electron chi connectivity index (χ0n) is 15.0. The number of benzene rings is 2. The van der Waals surface area contributed by atoms with Crippen molar-refractivity contribution in [3.63, 3.8) is 0 Å². The Morgan fingerprint density at radius 1 is 1.08 bits per heavy atom. The Morgan fingerprint density at radius 3 is 2.62 bits per heavy atom. The summed E-state index contributed by atoms with van der Waals surface area (Å²) in [5.74, 6) is 0. The molecule has 26 heavy (non-hydrogen) atoms. The molecule has 0 amide bonds. The molecular weight excluding hydrogens is 342 g/mol. The molecule has 2 aromatic rings. The molecule has 2 aliphatic rings. The van der Waals surface area contributed by atoms with Crippen LogP contribution in [-0.4, -0.2) is 43.0 Å². The second-order valence-corrected chi connectivity index (χ2v) is 7.57. The molecule has 0 N–H and O–H groups in total. The average Bonchev–Trinajstić information content (AvgIpc) is 2.78. The Bertz CT molecular complexity index is 889. The molecule has 1 aliphatic carbocycles. The van der Waals surface area contributed by atoms with Crippen LogP contribution in [0.1, 0.15) is 28.3 Å². The number of nitriles is 1. The molecule has 1 heterocycles. The van der Waals surface area contributed by atoms with Gasteiger partial charge in [0.25, 0.3) is 0 Å². The van der Waals surface area contributed by atoms with Gasteiger partial charge in [-0.1, -0.05) is 41.9 Å². The van der Waals surface area contributed by atoms with Crippen LogP contribution in [0.15, 0.2) is 48.5 Å². The first-order chi connectivity index (χ1) is 12.7. The molecule has 0 saturated carbocycles. The van der Waals surface area contributed by atoms with E-state index in [0.29, 0.717) is 0 Å². The van der Waals surface area contributed by atoms with Crippen LogP contribution >= 0.6 is 11.6 Å². The smallest absolute Gasteiger partial charge is 0.0918 e. The number of rotatable bonds is 1. The second kappa shape index (κ2) is 7.25. The highest BCUT2D eigenvalue weighted by Gasteiger charge is 2.30. The van der Waals surface area contributed by atoms with E-state index in [1.165, 1.54) is 11.1 Å². The highest BCUT2D eigenvalue weighted by atomic mass is 35.5. The number of halogens is 1. The van der Waals surface area contributed by atoms with Crippen molar-refractivity contribution in [2.45, 2.75) is 12.5 Å². The highest BCUT2D eigenvalue weighted by molar-refractivity contribution is 6.30. The van der Waals surface area contributed by atoms with E-state index in [2.05, 4.69) is 59.3 Å². The first-order valence-electron chi connectivity index (χ1n) is 9.08. The van der Waals surface area contributed by atoms with E-state index in [4.69, 9.17) is 11.6 Å². The van der Waals surface area contributed by atoms with Gasteiger partial charge in [-0.15, -0.1) is 0 Å². The molecule has 3 nitrogen and oxygen atoms in total. The van der Waals surface area contributed by atoms with Crippen molar-refractivity contribution < 1.29 is 0 Å². The van der Waals surface area contributed by atoms with Crippen molar-refractivity contribution >= 4 is 17.2 Å². The summed E-state index contributed by atoms with van der Waals surface area (Å²) in [6, 6.07) is 17.1. The lowest BCUT2D eigenvalue weighted by atomic mass is 9.93. The van der Waals surface area contributed by atoms with Gasteiger partial charge in [-0.05, 0) is 53.4 Å². The molecule has 2 aromatic carbocycles. The van der Waals surface area contributed by atoms with Gasteiger partial charge in [0.15, 0.2) is 0 Å². The predicted octanol–water partition coefficient (Wildman–Crippen LogP) is 4.14. The molecule has 0 radical (unpaired) electrons. The lowest BCUT2D eigenvalue weighted by Crippen LogP contribution is -2.46. The molecule has 1 fully saturated rings. The third kappa shape index (κ3) is 3.17. The van der Waals surface area contributed by atoms with Crippen LogP contribution in [0.3, 0.4) is 0 Å². The van der Waals surface area contributed by atoms with E-state index in [9.17, 15) is 5.26 Å². The summed E-state index contributed by atoms with van der Waals surface area (Å²) in [5.41, 5.74) is 5.83.